The number of hydrazine groups is 2. The Morgan fingerprint density at radius 3 is 1.40 bits per heavy atom. The average Bonchev–Trinajstić information content (AvgIpc) is 3.84. The predicted molar refractivity (Wildman–Crippen MR) is 229 cm³/mol. The molecule has 0 saturated carbocycles. The maximum Gasteiger partial charge on any atom is 0.269 e. The van der Waals surface area contributed by atoms with E-state index in [1.54, 1.807) is 24.3 Å². The molecule has 7 rings (SSSR count). The fourth-order valence-electron chi connectivity index (χ4n) is 6.36. The highest BCUT2D eigenvalue weighted by Gasteiger charge is 2.25. The Kier molecular flexibility index (Phi) is 11.0. The fourth-order valence-corrected chi connectivity index (χ4v) is 6.70. The Bertz CT molecular complexity index is 2570. The number of nitrogens with zero attached hydrogens (tertiary/aromatic N) is 2. The molecule has 2 heterocycles. The minimum absolute atomic E-state index is 0.0631. The van der Waals surface area contributed by atoms with E-state index >= 15 is 0 Å². The third-order valence-corrected chi connectivity index (χ3v) is 9.64. The first kappa shape index (κ1) is 38.6. The number of carbonyl (C=O) groups excluding carboxylic acids is 2. The summed E-state index contributed by atoms with van der Waals surface area (Å²) in [5.74, 6) is -1.24. The lowest BCUT2D eigenvalue weighted by atomic mass is 9.84. The normalized spacial score (nSPS) is 10.9. The van der Waals surface area contributed by atoms with Gasteiger partial charge in [-0.2, -0.15) is 0 Å². The molecule has 8 N–H and O–H groups in total. The van der Waals surface area contributed by atoms with Crippen LogP contribution < -0.4 is 32.3 Å². The van der Waals surface area contributed by atoms with Gasteiger partial charge < -0.3 is 20.6 Å². The molecule has 0 unspecified atom stereocenters. The lowest BCUT2D eigenvalue weighted by molar-refractivity contribution is -0.385. The second-order valence-electron chi connectivity index (χ2n) is 13.0. The first-order valence-corrected chi connectivity index (χ1v) is 18.3. The molecule has 5 aromatic carbocycles. The summed E-state index contributed by atoms with van der Waals surface area (Å²) in [6, 6.07) is 30.1. The second kappa shape index (κ2) is 16.6. The summed E-state index contributed by atoms with van der Waals surface area (Å²) in [7, 11) is 0. The van der Waals surface area contributed by atoms with Crippen LogP contribution in [0.2, 0.25) is 0 Å². The number of aryl methyl sites for hydroxylation is 1. The smallest absolute Gasteiger partial charge is 0.269 e. The monoisotopic (exact) mass is 812 g/mol. The third kappa shape index (κ3) is 8.57. The largest absolute Gasteiger partial charge is 0.361 e. The van der Waals surface area contributed by atoms with Crippen LogP contribution in [0.3, 0.4) is 0 Å². The summed E-state index contributed by atoms with van der Waals surface area (Å²) in [4.78, 5) is 54.4. The molecule has 58 heavy (non-hydrogen) atoms. The molecule has 0 spiro atoms. The number of benzene rings is 5. The van der Waals surface area contributed by atoms with E-state index in [2.05, 4.69) is 54.4 Å². The number of non-ortho nitro benzene ring substituents is 2. The third-order valence-electron chi connectivity index (χ3n) is 9.24. The van der Waals surface area contributed by atoms with E-state index in [0.29, 0.717) is 22.5 Å². The molecule has 2 amide bonds. The first-order chi connectivity index (χ1) is 27.9. The number of H-pyrrole nitrogens is 2. The van der Waals surface area contributed by atoms with Gasteiger partial charge in [0.2, 0.25) is 0 Å². The van der Waals surface area contributed by atoms with Gasteiger partial charge in [-0.15, -0.1) is 0 Å². The lowest BCUT2D eigenvalue weighted by Gasteiger charge is -2.18. The number of anilines is 2. The number of nitro benzene ring substituents is 2. The number of nitro groups is 2. The average molecular weight is 813 g/mol. The van der Waals surface area contributed by atoms with Gasteiger partial charge in [-0.1, -0.05) is 29.8 Å². The molecule has 0 fully saturated rings. The maximum atomic E-state index is 13.4. The quantitative estimate of drug-likeness (QED) is 0.0411. The van der Waals surface area contributed by atoms with Crippen molar-refractivity contribution in [2.24, 2.45) is 0 Å². The number of fused-ring (bicyclic) bond motifs is 2. The predicted octanol–water partition coefficient (Wildman–Crippen LogP) is 7.22. The number of aromatic amines is 2. The van der Waals surface area contributed by atoms with Crippen LogP contribution in [-0.2, 0) is 0 Å². The topological polar surface area (TPSA) is 224 Å². The summed E-state index contributed by atoms with van der Waals surface area (Å²) in [5, 5.41) is 29.4. The standard InChI is InChI=1S/C40H32N10O6S2/c1-22-2-4-23(5-3-22)36(32-20-41-34-16-6-24(18-30(32)34)37(51)45-47-39(57)43-26-8-12-28(13-9-26)49(53)54)33-21-42-35-17-7-25(19-31(33)35)38(52)46-48-40(58)44-27-10-14-29(15-11-27)50(55)56/h2-21,36,41-42H,1H3,(H,45,51)(H,46,52)(H2,43,47,57)(H2,44,48,58). The molecular formula is C40H32N10O6S2. The van der Waals surface area contributed by atoms with Crippen LogP contribution >= 0.6 is 24.4 Å². The van der Waals surface area contributed by atoms with Crippen LogP contribution in [0.5, 0.6) is 0 Å². The highest BCUT2D eigenvalue weighted by Crippen LogP contribution is 2.40. The number of hydrogen-bond donors (Lipinski definition) is 8. The molecule has 0 aliphatic heterocycles. The van der Waals surface area contributed by atoms with Crippen molar-refractivity contribution in [2.75, 3.05) is 10.6 Å². The van der Waals surface area contributed by atoms with Crippen LogP contribution in [0, 0.1) is 27.2 Å². The highest BCUT2D eigenvalue weighted by molar-refractivity contribution is 7.80. The van der Waals surface area contributed by atoms with E-state index in [9.17, 15) is 29.8 Å². The summed E-state index contributed by atoms with van der Waals surface area (Å²) >= 11 is 10.6. The number of rotatable bonds is 9. The van der Waals surface area contributed by atoms with Crippen LogP contribution in [-0.4, -0.2) is 41.9 Å². The number of aromatic nitrogens is 2. The van der Waals surface area contributed by atoms with E-state index in [0.717, 1.165) is 44.1 Å². The summed E-state index contributed by atoms with van der Waals surface area (Å²) in [5.41, 5.74) is 17.6. The first-order valence-electron chi connectivity index (χ1n) is 17.5. The number of carbonyl (C=O) groups is 2. The summed E-state index contributed by atoms with van der Waals surface area (Å²) in [6.45, 7) is 2.01. The number of thiocarbonyl (C=S) groups is 2. The van der Waals surface area contributed by atoms with Gasteiger partial charge in [0.15, 0.2) is 10.2 Å². The van der Waals surface area contributed by atoms with Gasteiger partial charge in [0.1, 0.15) is 0 Å². The Hall–Kier alpha value is -7.70. The number of nitrogens with one attached hydrogen (secondary N) is 8. The Labute approximate surface area is 339 Å². The van der Waals surface area contributed by atoms with Crippen LogP contribution in [0.1, 0.15) is 48.9 Å². The fraction of sp³-hybridized carbons (Fsp3) is 0.0500. The lowest BCUT2D eigenvalue weighted by Crippen LogP contribution is -2.43. The molecular weight excluding hydrogens is 781 g/mol. The van der Waals surface area contributed by atoms with E-state index in [-0.39, 0.29) is 27.5 Å². The molecule has 0 bridgehead atoms. The van der Waals surface area contributed by atoms with Crippen molar-refractivity contribution < 1.29 is 19.4 Å². The van der Waals surface area contributed by atoms with Gasteiger partial charge in [0.05, 0.1) is 9.85 Å². The zero-order valence-corrected chi connectivity index (χ0v) is 31.9. The molecule has 16 nitrogen and oxygen atoms in total. The van der Waals surface area contributed by atoms with Gasteiger partial charge in [-0.25, -0.2) is 0 Å². The summed E-state index contributed by atoms with van der Waals surface area (Å²) in [6.07, 6.45) is 3.83. The van der Waals surface area contributed by atoms with Crippen LogP contribution in [0.15, 0.2) is 122 Å². The van der Waals surface area contributed by atoms with E-state index in [4.69, 9.17) is 24.4 Å². The van der Waals surface area contributed by atoms with Crippen molar-refractivity contribution >= 4 is 91.0 Å². The van der Waals surface area contributed by atoms with E-state index in [1.807, 2.05) is 43.6 Å². The molecule has 0 radical (unpaired) electrons. The Morgan fingerprint density at radius 1 is 0.586 bits per heavy atom. The van der Waals surface area contributed by atoms with E-state index in [1.165, 1.54) is 48.5 Å². The van der Waals surface area contributed by atoms with Crippen molar-refractivity contribution in [2.45, 2.75) is 12.8 Å². The molecule has 2 aromatic heterocycles. The zero-order valence-electron chi connectivity index (χ0n) is 30.3. The summed E-state index contributed by atoms with van der Waals surface area (Å²) < 4.78 is 0. The highest BCUT2D eigenvalue weighted by atomic mass is 32.1. The molecule has 0 aliphatic rings. The van der Waals surface area contributed by atoms with Gasteiger partial charge >= 0.3 is 0 Å². The van der Waals surface area contributed by atoms with E-state index < -0.39 is 21.7 Å². The second-order valence-corrected chi connectivity index (χ2v) is 13.8. The van der Waals surface area contributed by atoms with Gasteiger partial charge in [0, 0.05) is 86.9 Å². The molecule has 7 aromatic rings. The van der Waals surface area contributed by atoms with Crippen LogP contribution in [0.25, 0.3) is 21.8 Å². The molecule has 0 aliphatic carbocycles. The van der Waals surface area contributed by atoms with Crippen molar-refractivity contribution in [1.82, 2.24) is 31.7 Å². The Morgan fingerprint density at radius 2 is 1.00 bits per heavy atom. The van der Waals surface area contributed by atoms with Gasteiger partial charge in [-0.05, 0) is 109 Å². The zero-order chi connectivity index (χ0) is 40.9. The molecule has 0 atom stereocenters. The maximum absolute atomic E-state index is 13.4. The van der Waals surface area contributed by atoms with Crippen molar-refractivity contribution in [1.29, 1.82) is 0 Å². The molecule has 0 saturated heterocycles. The SMILES string of the molecule is Cc1ccc(C(c2c[nH]c3ccc(C(=O)NNC(=S)Nc4ccc([N+](=O)[O-])cc4)cc23)c2c[nH]c3ccc(C(=O)NNC(=S)Nc4ccc([N+](=O)[O-])cc4)cc23)cc1. The molecule has 290 valence electrons. The van der Waals surface area contributed by atoms with Crippen molar-refractivity contribution in [3.63, 3.8) is 0 Å². The molecule has 18 heteroatoms. The minimum atomic E-state index is -0.500. The Balaban J connectivity index is 1.11. The van der Waals surface area contributed by atoms with Crippen molar-refractivity contribution in [3.05, 3.63) is 175 Å². The number of hydrogen-bond acceptors (Lipinski definition) is 8. The minimum Gasteiger partial charge on any atom is -0.361 e. The van der Waals surface area contributed by atoms with Crippen molar-refractivity contribution in [3.8, 4) is 0 Å². The number of amides is 2. The van der Waals surface area contributed by atoms with Crippen LogP contribution in [0.4, 0.5) is 22.7 Å². The van der Waals surface area contributed by atoms with Gasteiger partial charge in [-0.3, -0.25) is 51.5 Å². The van der Waals surface area contributed by atoms with Gasteiger partial charge in [0.25, 0.3) is 23.2 Å².